The number of aliphatic carboxylic acids is 1. The van der Waals surface area contributed by atoms with E-state index >= 15 is 0 Å². The summed E-state index contributed by atoms with van der Waals surface area (Å²) in [6.45, 7) is 4.80. The van der Waals surface area contributed by atoms with Gasteiger partial charge < -0.3 is 28.5 Å². The van der Waals surface area contributed by atoms with Gasteiger partial charge >= 0.3 is 17.9 Å². The molecule has 0 aliphatic rings. The first kappa shape index (κ1) is 85.2. The average Bonchev–Trinajstić information content (AvgIpc) is 3.64. The molecule has 514 valence electrons. The van der Waals surface area contributed by atoms with Crippen LogP contribution in [0, 0.1) is 0 Å². The fourth-order valence-electron chi connectivity index (χ4n) is 10.6. The van der Waals surface area contributed by atoms with Crippen molar-refractivity contribution in [1.29, 1.82) is 0 Å². The Balaban J connectivity index is 4.08. The molecule has 0 aromatic heterocycles. The summed E-state index contributed by atoms with van der Waals surface area (Å²) in [6, 6.07) is 0. The number of carbonyl (C=O) groups excluding carboxylic acids is 2. The summed E-state index contributed by atoms with van der Waals surface area (Å²) in [6.07, 6.45) is 93.9. The summed E-state index contributed by atoms with van der Waals surface area (Å²) in [5, 5.41) is 9.76. The maximum atomic E-state index is 13.0. The predicted octanol–water partition coefficient (Wildman–Crippen LogP) is 23.6. The van der Waals surface area contributed by atoms with Crippen molar-refractivity contribution in [2.75, 3.05) is 47.5 Å². The van der Waals surface area contributed by atoms with Crippen LogP contribution in [0.3, 0.4) is 0 Å². The van der Waals surface area contributed by atoms with Crippen LogP contribution >= 0.6 is 0 Å². The maximum Gasteiger partial charge on any atom is 0.361 e. The van der Waals surface area contributed by atoms with Gasteiger partial charge in [-0.3, -0.25) is 9.59 Å². The highest BCUT2D eigenvalue weighted by atomic mass is 16.7. The molecule has 89 heavy (non-hydrogen) atoms. The van der Waals surface area contributed by atoms with Crippen LogP contribution in [-0.4, -0.2) is 87.4 Å². The summed E-state index contributed by atoms with van der Waals surface area (Å²) in [7, 11) is 5.98. The molecule has 0 aliphatic carbocycles. The number of nitrogens with zero attached hydrogens (tertiary/aromatic N) is 1. The Bertz CT molecular complexity index is 1790. The molecule has 2 unspecified atom stereocenters. The zero-order chi connectivity index (χ0) is 64.7. The van der Waals surface area contributed by atoms with Crippen LogP contribution in [0.2, 0.25) is 0 Å². The minimum Gasteiger partial charge on any atom is -0.477 e. The maximum absolute atomic E-state index is 13.0. The van der Waals surface area contributed by atoms with Crippen LogP contribution in [0.5, 0.6) is 0 Å². The highest BCUT2D eigenvalue weighted by Gasteiger charge is 2.25. The Morgan fingerprint density at radius 3 is 0.966 bits per heavy atom. The van der Waals surface area contributed by atoms with Crippen molar-refractivity contribution in [1.82, 2.24) is 0 Å². The Morgan fingerprint density at radius 1 is 0.348 bits per heavy atom. The van der Waals surface area contributed by atoms with Crippen LogP contribution in [0.4, 0.5) is 0 Å². The number of hydrogen-bond acceptors (Lipinski definition) is 7. The summed E-state index contributed by atoms with van der Waals surface area (Å²) >= 11 is 0. The van der Waals surface area contributed by atoms with Gasteiger partial charge in [0.25, 0.3) is 6.29 Å². The molecule has 0 rings (SSSR count). The van der Waals surface area contributed by atoms with Gasteiger partial charge in [-0.2, -0.15) is 0 Å². The Kier molecular flexibility index (Phi) is 67.1. The van der Waals surface area contributed by atoms with E-state index in [4.69, 9.17) is 18.9 Å². The van der Waals surface area contributed by atoms with Gasteiger partial charge in [-0.15, -0.1) is 0 Å². The molecule has 0 aromatic carbocycles. The van der Waals surface area contributed by atoms with E-state index in [0.717, 1.165) is 83.5 Å². The zero-order valence-corrected chi connectivity index (χ0v) is 58.8. The van der Waals surface area contributed by atoms with Gasteiger partial charge in [-0.25, -0.2) is 4.79 Å². The molecule has 1 N–H and O–H groups in total. The molecule has 2 atom stereocenters. The van der Waals surface area contributed by atoms with E-state index in [1.165, 1.54) is 225 Å². The second kappa shape index (κ2) is 70.1. The van der Waals surface area contributed by atoms with E-state index in [9.17, 15) is 19.5 Å². The first-order valence-corrected chi connectivity index (χ1v) is 37.4. The standard InChI is InChI=1S/C80H141NO8/c1-6-8-10-12-14-16-18-20-22-24-26-28-30-32-34-36-37-38-39-40-41-43-45-47-49-51-53-55-57-59-61-63-65-67-69-71-78(83)89-76(75-88-80(79(84)85)86-73-72-81(3,4)5)74-87-77(82)70-68-66-64-62-60-58-56-54-52-50-48-46-44-42-35-33-31-29-27-25-23-21-19-17-15-13-11-9-7-2/h8,10,14,16,20,22,25-28,32,34,37-38,40-41,76,80H,6-7,9,11-13,15,17-19,21,23-24,29-31,33,35-36,39,42-75H2,1-5H3/p+1/b10-8-,16-14-,22-20-,27-25-,28-26-,34-32-,38-37-,41-40-. The molecular formula is C80H142NO8+. The van der Waals surface area contributed by atoms with Crippen LogP contribution in [0.25, 0.3) is 0 Å². The Morgan fingerprint density at radius 2 is 0.640 bits per heavy atom. The molecule has 0 fully saturated rings. The second-order valence-corrected chi connectivity index (χ2v) is 26.2. The van der Waals surface area contributed by atoms with E-state index in [2.05, 4.69) is 111 Å². The molecular weight excluding hydrogens is 1100 g/mol. The smallest absolute Gasteiger partial charge is 0.361 e. The van der Waals surface area contributed by atoms with E-state index < -0.39 is 24.3 Å². The van der Waals surface area contributed by atoms with Crippen LogP contribution in [0.1, 0.15) is 335 Å². The lowest BCUT2D eigenvalue weighted by molar-refractivity contribution is -0.870. The number of allylic oxidation sites excluding steroid dienone is 16. The van der Waals surface area contributed by atoms with Crippen molar-refractivity contribution < 1.29 is 42.9 Å². The third kappa shape index (κ3) is 71.5. The average molecular weight is 1250 g/mol. The third-order valence-electron chi connectivity index (χ3n) is 16.3. The molecule has 0 spiro atoms. The van der Waals surface area contributed by atoms with Gasteiger partial charge in [0.05, 0.1) is 34.4 Å². The number of carbonyl (C=O) groups is 3. The Labute approximate surface area is 550 Å². The number of hydrogen-bond donors (Lipinski definition) is 1. The van der Waals surface area contributed by atoms with E-state index in [0.29, 0.717) is 17.4 Å². The van der Waals surface area contributed by atoms with Gasteiger partial charge in [-0.05, 0) is 96.3 Å². The first-order chi connectivity index (χ1) is 43.6. The van der Waals surface area contributed by atoms with Crippen LogP contribution in [-0.2, 0) is 33.3 Å². The van der Waals surface area contributed by atoms with Crippen molar-refractivity contribution in [3.05, 3.63) is 97.2 Å². The number of carboxylic acids is 1. The van der Waals surface area contributed by atoms with Crippen LogP contribution < -0.4 is 0 Å². The van der Waals surface area contributed by atoms with Gasteiger partial charge in [-0.1, -0.05) is 323 Å². The number of ether oxygens (including phenoxy) is 4. The molecule has 0 heterocycles. The minimum absolute atomic E-state index is 0.183. The van der Waals surface area contributed by atoms with E-state index in [-0.39, 0.29) is 32.2 Å². The van der Waals surface area contributed by atoms with Crippen molar-refractivity contribution in [2.45, 2.75) is 347 Å². The molecule has 0 radical (unpaired) electrons. The number of quaternary nitrogens is 1. The molecule has 0 bridgehead atoms. The fraction of sp³-hybridized carbons (Fsp3) is 0.762. The number of rotatable bonds is 69. The molecule has 9 nitrogen and oxygen atoms in total. The van der Waals surface area contributed by atoms with Crippen molar-refractivity contribution >= 4 is 17.9 Å². The lowest BCUT2D eigenvalue weighted by atomic mass is 10.0. The monoisotopic (exact) mass is 1250 g/mol. The summed E-state index contributed by atoms with van der Waals surface area (Å²) in [5.74, 6) is -1.99. The predicted molar refractivity (Wildman–Crippen MR) is 382 cm³/mol. The lowest BCUT2D eigenvalue weighted by Crippen LogP contribution is -2.40. The number of unbranched alkanes of at least 4 members (excludes halogenated alkanes) is 38. The molecule has 0 saturated heterocycles. The highest BCUT2D eigenvalue weighted by molar-refractivity contribution is 5.71. The van der Waals surface area contributed by atoms with Crippen molar-refractivity contribution in [2.24, 2.45) is 0 Å². The lowest BCUT2D eigenvalue weighted by Gasteiger charge is -2.25. The van der Waals surface area contributed by atoms with Crippen LogP contribution in [0.15, 0.2) is 97.2 Å². The third-order valence-corrected chi connectivity index (χ3v) is 16.3. The van der Waals surface area contributed by atoms with Crippen molar-refractivity contribution in [3.8, 4) is 0 Å². The zero-order valence-electron chi connectivity index (χ0n) is 58.8. The largest absolute Gasteiger partial charge is 0.477 e. The Hall–Kier alpha value is -3.79. The van der Waals surface area contributed by atoms with E-state index in [1.807, 2.05) is 21.1 Å². The summed E-state index contributed by atoms with van der Waals surface area (Å²) in [4.78, 5) is 37.7. The first-order valence-electron chi connectivity index (χ1n) is 37.4. The van der Waals surface area contributed by atoms with E-state index in [1.54, 1.807) is 0 Å². The van der Waals surface area contributed by atoms with Gasteiger partial charge in [0, 0.05) is 12.8 Å². The van der Waals surface area contributed by atoms with Gasteiger partial charge in [0.2, 0.25) is 0 Å². The summed E-state index contributed by atoms with van der Waals surface area (Å²) in [5.41, 5.74) is 0. The SMILES string of the molecule is CC/C=C\C/C=C\C/C=C\C/C=C\C/C=C\C/C=C\C/C=C\CCCCCCCCCCCCCCCC(=O)OC(COC(=O)CCCCCCCCCCCCCCCCCCC/C=C\CCCCCCCCCC)COC(OCC[N+](C)(C)C)C(=O)O. The van der Waals surface area contributed by atoms with Gasteiger partial charge in [0.1, 0.15) is 13.2 Å². The quantitative estimate of drug-likeness (QED) is 0.0211. The molecule has 0 aliphatic heterocycles. The number of carboxylic acid groups (broad SMARTS) is 1. The molecule has 0 aromatic rings. The topological polar surface area (TPSA) is 108 Å². The minimum atomic E-state index is -1.51. The highest BCUT2D eigenvalue weighted by Crippen LogP contribution is 2.18. The molecule has 0 saturated carbocycles. The number of esters is 2. The van der Waals surface area contributed by atoms with Gasteiger partial charge in [0.15, 0.2) is 6.10 Å². The normalized spacial score (nSPS) is 13.2. The molecule has 0 amide bonds. The number of likely N-dealkylation sites (N-methyl/N-ethyl adjacent to an activating group) is 1. The fourth-order valence-corrected chi connectivity index (χ4v) is 10.6. The molecule has 9 heteroatoms. The second-order valence-electron chi connectivity index (χ2n) is 26.2. The summed E-state index contributed by atoms with van der Waals surface area (Å²) < 4.78 is 23.0. The van der Waals surface area contributed by atoms with Crippen molar-refractivity contribution in [3.63, 3.8) is 0 Å².